The van der Waals surface area contributed by atoms with Crippen molar-refractivity contribution in [1.82, 2.24) is 0 Å². The molecule has 0 bridgehead atoms. The van der Waals surface area contributed by atoms with Gasteiger partial charge in [0.05, 0.1) is 0 Å². The molecule has 30 heteroatoms. The molecule has 0 aliphatic heterocycles. The minimum absolute atomic E-state index is 0. The summed E-state index contributed by atoms with van der Waals surface area (Å²) in [6, 6.07) is 0. The van der Waals surface area contributed by atoms with Crippen molar-refractivity contribution >= 4 is 393 Å². The first-order valence-corrected chi connectivity index (χ1v) is 6.00. The molecule has 0 heterocycles. The van der Waals surface area contributed by atoms with E-state index in [0.29, 0.717) is 0 Å². The predicted octanol–water partition coefficient (Wildman–Crippen LogP) is -9.38. The van der Waals surface area contributed by atoms with Gasteiger partial charge in [-0.3, -0.25) is 13.6 Å². The molecule has 0 unspecified atom stereocenters. The van der Waals surface area contributed by atoms with E-state index in [1.807, 2.05) is 0 Å². The molecule has 0 spiro atoms. The van der Waals surface area contributed by atoms with Crippen molar-refractivity contribution in [1.29, 1.82) is 0 Å². The second-order valence-electron chi connectivity index (χ2n) is 1.58. The summed E-state index contributed by atoms with van der Waals surface area (Å²) < 4.78 is 40.3. The second kappa shape index (κ2) is 90.0. The molecule has 0 amide bonds. The molecule has 10 N–H and O–H groups in total. The molecule has 0 fully saturated rings. The van der Waals surface area contributed by atoms with Crippen molar-refractivity contribution in [3.8, 4) is 0 Å². The molecule has 33 heavy (non-hydrogen) atoms. The molecule has 0 radical (unpaired) electrons. The van der Waals surface area contributed by atoms with Crippen molar-refractivity contribution in [2.45, 2.75) is 0 Å². The van der Waals surface area contributed by atoms with Crippen molar-refractivity contribution in [3.63, 3.8) is 0 Å². The van der Waals surface area contributed by atoms with Gasteiger partial charge in [0.2, 0.25) is 0 Å². The summed E-state index contributed by atoms with van der Waals surface area (Å²) in [6.07, 6.45) is -5.50. The van der Waals surface area contributed by atoms with Gasteiger partial charge in [0.15, 0.2) is 0 Å². The van der Waals surface area contributed by atoms with Crippen LogP contribution in [-0.4, -0.2) is 440 Å². The molecule has 0 atom stereocenters. The zero-order chi connectivity index (χ0) is 18.8. The third-order valence-electron chi connectivity index (χ3n) is 0. The van der Waals surface area contributed by atoms with E-state index in [2.05, 4.69) is 0 Å². The van der Waals surface area contributed by atoms with E-state index in [-0.39, 0.29) is 355 Å². The summed E-state index contributed by atoms with van der Waals surface area (Å²) in [4.78, 5) is 40.0. The summed E-state index contributed by atoms with van der Waals surface area (Å²) in [6.45, 7) is 0. The van der Waals surface area contributed by atoms with Crippen LogP contribution in [0.15, 0.2) is 0 Å². The van der Waals surface area contributed by atoms with Crippen LogP contribution in [0.5, 0.6) is 0 Å². The minimum atomic E-state index is -4.67. The molecule has 0 aromatic carbocycles. The van der Waals surface area contributed by atoms with Gasteiger partial charge < -0.3 is 40.2 Å². The summed E-state index contributed by atoms with van der Waals surface area (Å²) in [5.41, 5.74) is 0. The van der Waals surface area contributed by atoms with Gasteiger partial charge in [0, 0.05) is 0 Å². The Bertz CT molecular complexity index is 353. The van der Waals surface area contributed by atoms with Crippen molar-refractivity contribution < 1.29 is 76.6 Å². The Morgan fingerprint density at radius 2 is 0.455 bits per heavy atom. The van der Waals surface area contributed by atoms with E-state index in [0.717, 1.165) is 0 Å². The van der Waals surface area contributed by atoms with Crippen LogP contribution in [0, 0.1) is 0 Å². The summed E-state index contributed by atoms with van der Waals surface area (Å²) in [5.74, 6) is 0. The zero-order valence-electron chi connectivity index (χ0n) is 9.33. The fourth-order valence-electron chi connectivity index (χ4n) is 0. The first kappa shape index (κ1) is 113. The van der Waals surface area contributed by atoms with Gasteiger partial charge >= 0.3 is 393 Å². The number of hydrogen-bond acceptors (Lipinski definition) is 6. The first-order chi connectivity index (χ1) is 8.93. The van der Waals surface area contributed by atoms with Crippen LogP contribution >= 0.6 is 0 Å². The summed E-state index contributed by atoms with van der Waals surface area (Å²) >= 11 is 0. The topological polar surface area (TPSA) is 305 Å². The molecular formula is C3H22Na12O16SSi. The third-order valence-corrected chi connectivity index (χ3v) is 0. The van der Waals surface area contributed by atoms with E-state index in [4.69, 9.17) is 76.6 Å². The number of carboxylic acid groups (broad SMARTS) is 6. The first-order valence-electron chi connectivity index (χ1n) is 3.30. The van der Waals surface area contributed by atoms with E-state index in [1.165, 1.54) is 0 Å². The van der Waals surface area contributed by atoms with Crippen LogP contribution in [0.25, 0.3) is 0 Å². The quantitative estimate of drug-likeness (QED) is 0.0860. The Morgan fingerprint density at radius 3 is 0.455 bits per heavy atom. The summed E-state index contributed by atoms with van der Waals surface area (Å²) in [7, 11) is -7.80. The van der Waals surface area contributed by atoms with Crippen LogP contribution in [0.2, 0.25) is 0 Å². The molecule has 0 saturated carbocycles. The Hall–Kier alpha value is 9.30. The van der Waals surface area contributed by atoms with Crippen molar-refractivity contribution in [3.05, 3.63) is 0 Å². The average molecular weight is 650 g/mol. The van der Waals surface area contributed by atoms with Crippen LogP contribution in [0.1, 0.15) is 0 Å². The van der Waals surface area contributed by atoms with E-state index >= 15 is 0 Å². The van der Waals surface area contributed by atoms with E-state index in [1.54, 1.807) is 0 Å². The molecule has 0 saturated heterocycles. The van der Waals surface area contributed by atoms with Crippen molar-refractivity contribution in [2.24, 2.45) is 0 Å². The van der Waals surface area contributed by atoms with Crippen LogP contribution < -0.4 is 0 Å². The predicted molar refractivity (Wildman–Crippen MR) is 143 cm³/mol. The molecule has 152 valence electrons. The molecular weight excluding hydrogens is 628 g/mol. The number of carbonyl (C=O) groups is 3. The number of hydrogen-bond donors (Lipinski definition) is 10. The Morgan fingerprint density at radius 1 is 0.455 bits per heavy atom. The van der Waals surface area contributed by atoms with Crippen LogP contribution in [0.3, 0.4) is 0 Å². The average Bonchev–Trinajstić information content (AvgIpc) is 1.91. The van der Waals surface area contributed by atoms with Crippen LogP contribution in [0.4, 0.5) is 14.4 Å². The van der Waals surface area contributed by atoms with Gasteiger partial charge in [-0.25, -0.2) is 14.4 Å². The second-order valence-corrected chi connectivity index (χ2v) is 3.04. The molecule has 16 nitrogen and oxygen atoms in total. The molecule has 0 aliphatic rings. The fourth-order valence-corrected chi connectivity index (χ4v) is 0. The molecule has 0 rings (SSSR count). The fraction of sp³-hybridized carbons (Fsp3) is 0. The SMILES string of the molecule is O=C(O)O.O=C(O)O.O=C(O)O.O=S(=O)(O)O.O=[Si](O)O.[NaH].[NaH].[NaH].[NaH].[NaH].[NaH].[NaH].[NaH].[NaH].[NaH].[NaH].[NaH]. The third kappa shape index (κ3) is 738. The van der Waals surface area contributed by atoms with Crippen molar-refractivity contribution in [2.75, 3.05) is 0 Å². The maximum absolute atomic E-state index is 8.74. The number of rotatable bonds is 0. The monoisotopic (exact) mass is 650 g/mol. The molecule has 0 aliphatic carbocycles. The standard InChI is InChI=1S/3CH2O3.12Na.H2O4S.H2O3Si.12H/c3*2-1(3)4;;;;;;;;;;;;;1-5(2,3)4;1-4(2)3;;;;;;;;;;;;/h3*(H2,2,3,4);;;;;;;;;;;;;(H2,1,2,3,4);1-2H;;;;;;;;;;;;. The van der Waals surface area contributed by atoms with Gasteiger partial charge in [0.25, 0.3) is 0 Å². The normalized spacial score (nSPS) is 4.67. The van der Waals surface area contributed by atoms with Gasteiger partial charge in [-0.1, -0.05) is 0 Å². The van der Waals surface area contributed by atoms with Gasteiger partial charge in [0.1, 0.15) is 0 Å². The van der Waals surface area contributed by atoms with Gasteiger partial charge in [-0.05, 0) is 0 Å². The van der Waals surface area contributed by atoms with Gasteiger partial charge in [-0.2, -0.15) is 8.42 Å². The Kier molecular flexibility index (Phi) is 307. The molecule has 0 aromatic heterocycles. The molecule has 0 aromatic rings. The summed E-state index contributed by atoms with van der Waals surface area (Å²) in [5, 5.41) is 41.8. The Labute approximate surface area is 456 Å². The van der Waals surface area contributed by atoms with Gasteiger partial charge in [-0.15, -0.1) is 0 Å². The van der Waals surface area contributed by atoms with E-state index < -0.39 is 38.0 Å². The zero-order valence-corrected chi connectivity index (χ0v) is 11.1. The van der Waals surface area contributed by atoms with Crippen LogP contribution in [-0.2, 0) is 14.9 Å². The van der Waals surface area contributed by atoms with E-state index in [9.17, 15) is 0 Å². The Balaban J connectivity index is -0.00000000594. The maximum atomic E-state index is 8.74.